The quantitative estimate of drug-likeness (QED) is 0.272. The molecule has 7 nitrogen and oxygen atoms in total. The van der Waals surface area contributed by atoms with Gasteiger partial charge in [0.2, 0.25) is 21.8 Å². The Labute approximate surface area is 250 Å². The summed E-state index contributed by atoms with van der Waals surface area (Å²) >= 11 is 9.78. The van der Waals surface area contributed by atoms with E-state index < -0.39 is 28.5 Å². The fourth-order valence-corrected chi connectivity index (χ4v) is 5.80. The van der Waals surface area contributed by atoms with E-state index in [1.165, 1.54) is 4.90 Å². The lowest BCUT2D eigenvalue weighted by Gasteiger charge is -2.34. The molecule has 2 atom stereocenters. The second-order valence-electron chi connectivity index (χ2n) is 9.83. The Morgan fingerprint density at radius 2 is 1.65 bits per heavy atom. The summed E-state index contributed by atoms with van der Waals surface area (Å²) in [5, 5.41) is 3.41. The van der Waals surface area contributed by atoms with Gasteiger partial charge in [0.25, 0.3) is 0 Å². The summed E-state index contributed by atoms with van der Waals surface area (Å²) in [6.07, 6.45) is 2.04. The van der Waals surface area contributed by atoms with Crippen LogP contribution in [0.4, 0.5) is 5.69 Å². The third-order valence-electron chi connectivity index (χ3n) is 6.70. The molecule has 3 aromatic rings. The molecule has 0 radical (unpaired) electrons. The Balaban J connectivity index is 2.09. The van der Waals surface area contributed by atoms with E-state index in [-0.39, 0.29) is 24.9 Å². The number of halogens is 2. The van der Waals surface area contributed by atoms with E-state index in [4.69, 9.17) is 11.6 Å². The molecule has 0 saturated carbocycles. The first-order valence-corrected chi connectivity index (χ1v) is 16.0. The number of carbonyl (C=O) groups excluding carboxylic acids is 2. The zero-order chi connectivity index (χ0) is 29.4. The van der Waals surface area contributed by atoms with Gasteiger partial charge in [-0.25, -0.2) is 8.42 Å². The number of rotatable bonds is 12. The van der Waals surface area contributed by atoms with E-state index in [9.17, 15) is 18.0 Å². The van der Waals surface area contributed by atoms with Gasteiger partial charge in [-0.2, -0.15) is 0 Å². The van der Waals surface area contributed by atoms with Crippen LogP contribution in [0.1, 0.15) is 37.0 Å². The minimum atomic E-state index is -3.87. The molecule has 0 aliphatic heterocycles. The van der Waals surface area contributed by atoms with Crippen molar-refractivity contribution in [3.63, 3.8) is 0 Å². The van der Waals surface area contributed by atoms with Crippen LogP contribution < -0.4 is 9.62 Å². The van der Waals surface area contributed by atoms with Gasteiger partial charge in [-0.05, 0) is 61.2 Å². The van der Waals surface area contributed by atoms with Gasteiger partial charge >= 0.3 is 0 Å². The van der Waals surface area contributed by atoms with Gasteiger partial charge in [0.05, 0.1) is 11.9 Å². The molecule has 0 saturated heterocycles. The highest BCUT2D eigenvalue weighted by Gasteiger charge is 2.33. The Bertz CT molecular complexity index is 1440. The average molecular weight is 649 g/mol. The van der Waals surface area contributed by atoms with Crippen molar-refractivity contribution in [1.82, 2.24) is 10.2 Å². The topological polar surface area (TPSA) is 86.8 Å². The number of hydrogen-bond acceptors (Lipinski definition) is 4. The van der Waals surface area contributed by atoms with Crippen LogP contribution in [0, 0.1) is 6.92 Å². The van der Waals surface area contributed by atoms with Crippen LogP contribution in [0.3, 0.4) is 0 Å². The fraction of sp³-hybridized carbons (Fsp3) is 0.333. The minimum Gasteiger partial charge on any atom is -0.352 e. The van der Waals surface area contributed by atoms with Gasteiger partial charge < -0.3 is 10.2 Å². The Morgan fingerprint density at radius 1 is 1.00 bits per heavy atom. The van der Waals surface area contributed by atoms with Crippen LogP contribution in [0.5, 0.6) is 0 Å². The van der Waals surface area contributed by atoms with E-state index >= 15 is 0 Å². The van der Waals surface area contributed by atoms with Crippen LogP contribution in [-0.2, 0) is 32.6 Å². The van der Waals surface area contributed by atoms with Crippen molar-refractivity contribution in [2.24, 2.45) is 0 Å². The van der Waals surface area contributed by atoms with Crippen LogP contribution in [-0.4, -0.2) is 50.0 Å². The number of anilines is 1. The predicted molar refractivity (Wildman–Crippen MR) is 165 cm³/mol. The molecule has 10 heteroatoms. The summed E-state index contributed by atoms with van der Waals surface area (Å²) in [7, 11) is -3.87. The largest absolute Gasteiger partial charge is 0.352 e. The summed E-state index contributed by atoms with van der Waals surface area (Å²) in [5.41, 5.74) is 2.53. The first-order chi connectivity index (χ1) is 18.9. The molecule has 40 heavy (non-hydrogen) atoms. The smallest absolute Gasteiger partial charge is 0.244 e. The van der Waals surface area contributed by atoms with Crippen LogP contribution in [0.25, 0.3) is 0 Å². The molecule has 0 aromatic heterocycles. The Kier molecular flexibility index (Phi) is 11.2. The second kappa shape index (κ2) is 14.1. The Hall–Kier alpha value is -2.88. The molecule has 214 valence electrons. The third-order valence-corrected chi connectivity index (χ3v) is 8.73. The maximum atomic E-state index is 14.1. The van der Waals surface area contributed by atoms with Crippen LogP contribution in [0.2, 0.25) is 5.02 Å². The zero-order valence-electron chi connectivity index (χ0n) is 23.1. The van der Waals surface area contributed by atoms with E-state index in [0.717, 1.165) is 32.6 Å². The monoisotopic (exact) mass is 647 g/mol. The van der Waals surface area contributed by atoms with Crippen molar-refractivity contribution in [3.8, 4) is 0 Å². The summed E-state index contributed by atoms with van der Waals surface area (Å²) in [5.74, 6) is -0.809. The lowest BCUT2D eigenvalue weighted by molar-refractivity contribution is -0.140. The Morgan fingerprint density at radius 3 is 2.27 bits per heavy atom. The SMILES string of the molecule is CC[C@@H](C)NC(=O)[C@@H](Cc1ccccc1)N(Cc1cccc(Br)c1)C(=O)CN(c1cccc(Cl)c1C)S(C)(=O)=O. The molecule has 0 aliphatic carbocycles. The number of sulfonamides is 1. The van der Waals surface area contributed by atoms with Gasteiger partial charge in [-0.15, -0.1) is 0 Å². The number of hydrogen-bond donors (Lipinski definition) is 1. The lowest BCUT2D eigenvalue weighted by atomic mass is 10.0. The highest BCUT2D eigenvalue weighted by atomic mass is 79.9. The van der Waals surface area contributed by atoms with Gasteiger partial charge in [-0.3, -0.25) is 13.9 Å². The van der Waals surface area contributed by atoms with Crippen LogP contribution >= 0.6 is 27.5 Å². The average Bonchev–Trinajstić information content (AvgIpc) is 2.90. The van der Waals surface area contributed by atoms with Crippen molar-refractivity contribution in [2.45, 2.75) is 52.2 Å². The molecule has 3 aromatic carbocycles. The molecule has 1 N–H and O–H groups in total. The number of nitrogens with zero attached hydrogens (tertiary/aromatic N) is 2. The third kappa shape index (κ3) is 8.56. The van der Waals surface area contributed by atoms with Gasteiger partial charge in [0.15, 0.2) is 0 Å². The molecule has 0 heterocycles. The number of carbonyl (C=O) groups is 2. The molecular weight excluding hydrogens is 614 g/mol. The van der Waals surface area contributed by atoms with Crippen molar-refractivity contribution < 1.29 is 18.0 Å². The van der Waals surface area contributed by atoms with Crippen LogP contribution in [0.15, 0.2) is 77.3 Å². The minimum absolute atomic E-state index is 0.102. The van der Waals surface area contributed by atoms with E-state index in [1.807, 2.05) is 68.4 Å². The maximum Gasteiger partial charge on any atom is 0.244 e. The standard InChI is InChI=1S/C30H35BrClN3O4S/c1-5-21(2)33-30(37)28(18-23-11-7-6-8-12-23)34(19-24-13-9-14-25(31)17-24)29(36)20-35(40(4,38)39)27-16-10-15-26(32)22(27)3/h6-17,21,28H,5,18-20H2,1-4H3,(H,33,37)/t21-,28-/m1/s1. The molecule has 0 fully saturated rings. The molecule has 0 bridgehead atoms. The number of nitrogens with one attached hydrogen (secondary N) is 1. The summed E-state index contributed by atoms with van der Waals surface area (Å²) in [6.45, 7) is 5.20. The zero-order valence-corrected chi connectivity index (χ0v) is 26.3. The van der Waals surface area contributed by atoms with Crippen molar-refractivity contribution >= 4 is 55.1 Å². The molecular formula is C30H35BrClN3O4S. The second-order valence-corrected chi connectivity index (χ2v) is 13.1. The molecule has 3 rings (SSSR count). The molecule has 0 aliphatic rings. The fourth-order valence-electron chi connectivity index (χ4n) is 4.29. The lowest BCUT2D eigenvalue weighted by Crippen LogP contribution is -2.54. The van der Waals surface area contributed by atoms with Gasteiger partial charge in [-0.1, -0.05) is 83.0 Å². The normalized spacial score (nSPS) is 12.8. The first kappa shape index (κ1) is 31.6. The number of benzene rings is 3. The van der Waals surface area contributed by atoms with Crippen molar-refractivity contribution in [1.29, 1.82) is 0 Å². The predicted octanol–water partition coefficient (Wildman–Crippen LogP) is 5.73. The van der Waals surface area contributed by atoms with Gasteiger partial charge in [0, 0.05) is 28.5 Å². The molecule has 0 spiro atoms. The van der Waals surface area contributed by atoms with E-state index in [2.05, 4.69) is 21.2 Å². The first-order valence-electron chi connectivity index (χ1n) is 13.0. The summed E-state index contributed by atoms with van der Waals surface area (Å²) < 4.78 is 27.8. The summed E-state index contributed by atoms with van der Waals surface area (Å²) in [6, 6.07) is 20.9. The van der Waals surface area contributed by atoms with Crippen molar-refractivity contribution in [3.05, 3.63) is 99.0 Å². The maximum absolute atomic E-state index is 14.1. The highest BCUT2D eigenvalue weighted by molar-refractivity contribution is 9.10. The molecule has 2 amide bonds. The van der Waals surface area contributed by atoms with Crippen molar-refractivity contribution in [2.75, 3.05) is 17.1 Å². The van der Waals surface area contributed by atoms with Gasteiger partial charge in [0.1, 0.15) is 12.6 Å². The number of amides is 2. The molecule has 0 unspecified atom stereocenters. The highest BCUT2D eigenvalue weighted by Crippen LogP contribution is 2.29. The van der Waals surface area contributed by atoms with E-state index in [0.29, 0.717) is 16.3 Å². The summed E-state index contributed by atoms with van der Waals surface area (Å²) in [4.78, 5) is 29.3. The van der Waals surface area contributed by atoms with E-state index in [1.54, 1.807) is 25.1 Å².